The highest BCUT2D eigenvalue weighted by atomic mass is 35.5. The summed E-state index contributed by atoms with van der Waals surface area (Å²) in [5, 5.41) is 3.84. The van der Waals surface area contributed by atoms with E-state index in [-0.39, 0.29) is 5.91 Å². The summed E-state index contributed by atoms with van der Waals surface area (Å²) in [4.78, 5) is 14.3. The molecule has 8 heteroatoms. The van der Waals surface area contributed by atoms with Crippen LogP contribution < -0.4 is 16.2 Å². The maximum atomic E-state index is 11.9. The number of ether oxygens (including phenoxy) is 1. The Morgan fingerprint density at radius 3 is 2.74 bits per heavy atom. The van der Waals surface area contributed by atoms with E-state index >= 15 is 0 Å². The number of carbonyl (C=O) groups excluding carboxylic acids is 1. The Morgan fingerprint density at radius 1 is 1.26 bits per heavy atom. The first-order chi connectivity index (χ1) is 11.2. The summed E-state index contributed by atoms with van der Waals surface area (Å²) in [6, 6.07) is 6.84. The predicted octanol–water partition coefficient (Wildman–Crippen LogP) is 1.17. The summed E-state index contributed by atoms with van der Waals surface area (Å²) in [6.45, 7) is 5.33. The van der Waals surface area contributed by atoms with Crippen LogP contribution in [0.15, 0.2) is 24.3 Å². The lowest BCUT2D eigenvalue weighted by Crippen LogP contribution is -2.47. The molecule has 0 unspecified atom stereocenters. The molecule has 0 aliphatic carbocycles. The van der Waals surface area contributed by atoms with E-state index in [1.165, 1.54) is 0 Å². The molecule has 1 aliphatic heterocycles. The van der Waals surface area contributed by atoms with Crippen LogP contribution in [0.25, 0.3) is 0 Å². The van der Waals surface area contributed by atoms with E-state index in [0.717, 1.165) is 45.8 Å². The van der Waals surface area contributed by atoms with Crippen molar-refractivity contribution in [2.24, 2.45) is 0 Å². The highest BCUT2D eigenvalue weighted by Gasteiger charge is 2.10. The van der Waals surface area contributed by atoms with Crippen LogP contribution >= 0.6 is 23.8 Å². The minimum absolute atomic E-state index is 0.326. The minimum atomic E-state index is -0.326. The number of amides is 1. The number of nitrogens with zero attached hydrogens (tertiary/aromatic N) is 1. The lowest BCUT2D eigenvalue weighted by Gasteiger charge is -2.26. The number of nitrogens with one attached hydrogen (secondary N) is 3. The average Bonchev–Trinajstić information content (AvgIpc) is 2.58. The van der Waals surface area contributed by atoms with Crippen molar-refractivity contribution in [3.8, 4) is 0 Å². The Kier molecular flexibility index (Phi) is 7.54. The van der Waals surface area contributed by atoms with Crippen LogP contribution in [0.2, 0.25) is 5.02 Å². The van der Waals surface area contributed by atoms with E-state index in [4.69, 9.17) is 28.6 Å². The van der Waals surface area contributed by atoms with Gasteiger partial charge in [0.05, 0.1) is 23.8 Å². The normalized spacial score (nSPS) is 15.0. The predicted molar refractivity (Wildman–Crippen MR) is 94.5 cm³/mol. The molecule has 126 valence electrons. The number of hydrogen-bond acceptors (Lipinski definition) is 4. The van der Waals surface area contributed by atoms with Gasteiger partial charge < -0.3 is 10.1 Å². The van der Waals surface area contributed by atoms with Crippen LogP contribution in [-0.4, -0.2) is 55.3 Å². The number of halogens is 1. The molecule has 6 nitrogen and oxygen atoms in total. The van der Waals surface area contributed by atoms with Crippen molar-refractivity contribution < 1.29 is 9.53 Å². The topological polar surface area (TPSA) is 65.6 Å². The summed E-state index contributed by atoms with van der Waals surface area (Å²) in [7, 11) is 0. The van der Waals surface area contributed by atoms with Gasteiger partial charge in [-0.25, -0.2) is 0 Å². The molecule has 0 saturated carbocycles. The molecule has 1 amide bonds. The zero-order valence-electron chi connectivity index (χ0n) is 12.8. The number of hydrazine groups is 1. The summed E-state index contributed by atoms with van der Waals surface area (Å²) >= 11 is 11.1. The average molecular weight is 357 g/mol. The molecule has 1 aromatic carbocycles. The Balaban J connectivity index is 1.59. The highest BCUT2D eigenvalue weighted by Crippen LogP contribution is 2.13. The zero-order chi connectivity index (χ0) is 16.5. The van der Waals surface area contributed by atoms with E-state index in [1.54, 1.807) is 24.3 Å². The Hall–Kier alpha value is -1.41. The van der Waals surface area contributed by atoms with Crippen LogP contribution in [0.5, 0.6) is 0 Å². The van der Waals surface area contributed by atoms with Crippen LogP contribution in [0.3, 0.4) is 0 Å². The van der Waals surface area contributed by atoms with E-state index in [9.17, 15) is 4.79 Å². The van der Waals surface area contributed by atoms with Crippen molar-refractivity contribution in [1.82, 2.24) is 21.1 Å². The van der Waals surface area contributed by atoms with E-state index < -0.39 is 0 Å². The minimum Gasteiger partial charge on any atom is -0.379 e. The first-order valence-corrected chi connectivity index (χ1v) is 8.34. The Labute approximate surface area is 146 Å². The molecule has 0 atom stereocenters. The second-order valence-corrected chi connectivity index (χ2v) is 5.94. The Morgan fingerprint density at radius 2 is 2.00 bits per heavy atom. The smallest absolute Gasteiger partial charge is 0.271 e. The zero-order valence-corrected chi connectivity index (χ0v) is 14.4. The molecule has 1 fully saturated rings. The quantitative estimate of drug-likeness (QED) is 0.418. The first-order valence-electron chi connectivity index (χ1n) is 7.55. The molecule has 0 aromatic heterocycles. The maximum Gasteiger partial charge on any atom is 0.271 e. The molecule has 1 aliphatic rings. The van der Waals surface area contributed by atoms with Gasteiger partial charge in [0.2, 0.25) is 0 Å². The van der Waals surface area contributed by atoms with E-state index in [2.05, 4.69) is 21.1 Å². The van der Waals surface area contributed by atoms with Gasteiger partial charge in [0.25, 0.3) is 5.91 Å². The molecule has 0 radical (unpaired) electrons. The fourth-order valence-electron chi connectivity index (χ4n) is 2.20. The van der Waals surface area contributed by atoms with Gasteiger partial charge in [0.15, 0.2) is 5.11 Å². The third-order valence-electron chi connectivity index (χ3n) is 3.45. The van der Waals surface area contributed by atoms with Gasteiger partial charge in [0, 0.05) is 19.6 Å². The summed E-state index contributed by atoms with van der Waals surface area (Å²) in [5.74, 6) is -0.326. The lowest BCUT2D eigenvalue weighted by atomic mass is 10.2. The number of carbonyl (C=O) groups is 1. The molecule has 1 heterocycles. The second-order valence-electron chi connectivity index (χ2n) is 5.12. The number of rotatable bonds is 5. The molecule has 2 rings (SSSR count). The molecule has 0 spiro atoms. The van der Waals surface area contributed by atoms with Crippen LogP contribution in [-0.2, 0) is 4.74 Å². The molecule has 0 bridgehead atoms. The lowest BCUT2D eigenvalue weighted by molar-refractivity contribution is 0.0376. The van der Waals surface area contributed by atoms with Crippen LogP contribution in [0, 0.1) is 0 Å². The van der Waals surface area contributed by atoms with Crippen molar-refractivity contribution in [2.45, 2.75) is 6.42 Å². The standard InChI is InChI=1S/C15H21ClN4O2S/c16-13-5-2-1-4-12(13)14(21)18-19-15(23)17-6-3-7-20-8-10-22-11-9-20/h1-2,4-5H,3,6-11H2,(H,18,21)(H2,17,19,23). The number of benzene rings is 1. The van der Waals surface area contributed by atoms with Crippen molar-refractivity contribution in [1.29, 1.82) is 0 Å². The van der Waals surface area contributed by atoms with Gasteiger partial charge in [-0.05, 0) is 37.3 Å². The van der Waals surface area contributed by atoms with E-state index in [0.29, 0.717) is 15.7 Å². The van der Waals surface area contributed by atoms with Gasteiger partial charge in [-0.3, -0.25) is 20.5 Å². The van der Waals surface area contributed by atoms with Crippen molar-refractivity contribution in [3.63, 3.8) is 0 Å². The molecule has 1 saturated heterocycles. The van der Waals surface area contributed by atoms with E-state index in [1.807, 2.05) is 0 Å². The second kappa shape index (κ2) is 9.67. The summed E-state index contributed by atoms with van der Waals surface area (Å²) in [6.07, 6.45) is 0.972. The van der Waals surface area contributed by atoms with Crippen molar-refractivity contribution in [3.05, 3.63) is 34.9 Å². The largest absolute Gasteiger partial charge is 0.379 e. The fourth-order valence-corrected chi connectivity index (χ4v) is 2.57. The molecule has 23 heavy (non-hydrogen) atoms. The van der Waals surface area contributed by atoms with Gasteiger partial charge in [-0.15, -0.1) is 0 Å². The summed E-state index contributed by atoms with van der Waals surface area (Å²) in [5.41, 5.74) is 5.60. The number of hydrogen-bond donors (Lipinski definition) is 3. The molecule has 1 aromatic rings. The van der Waals surface area contributed by atoms with Gasteiger partial charge in [0.1, 0.15) is 0 Å². The molecular weight excluding hydrogens is 336 g/mol. The van der Waals surface area contributed by atoms with Crippen molar-refractivity contribution in [2.75, 3.05) is 39.4 Å². The van der Waals surface area contributed by atoms with Gasteiger partial charge in [-0.2, -0.15) is 0 Å². The fraction of sp³-hybridized carbons (Fsp3) is 0.467. The molecule has 3 N–H and O–H groups in total. The van der Waals surface area contributed by atoms with Gasteiger partial charge >= 0.3 is 0 Å². The van der Waals surface area contributed by atoms with Crippen molar-refractivity contribution >= 4 is 34.8 Å². The SMILES string of the molecule is O=C(NNC(=S)NCCCN1CCOCC1)c1ccccc1Cl. The number of thiocarbonyl (C=S) groups is 1. The van der Waals surface area contributed by atoms with Crippen LogP contribution in [0.1, 0.15) is 16.8 Å². The molecular formula is C15H21ClN4O2S. The highest BCUT2D eigenvalue weighted by molar-refractivity contribution is 7.80. The number of morpholine rings is 1. The Bertz CT molecular complexity index is 538. The monoisotopic (exact) mass is 356 g/mol. The third-order valence-corrected chi connectivity index (χ3v) is 4.02. The third kappa shape index (κ3) is 6.31. The van der Waals surface area contributed by atoms with Gasteiger partial charge in [-0.1, -0.05) is 23.7 Å². The van der Waals surface area contributed by atoms with Crippen LogP contribution in [0.4, 0.5) is 0 Å². The maximum absolute atomic E-state index is 11.9. The first kappa shape index (κ1) is 17.9. The summed E-state index contributed by atoms with van der Waals surface area (Å²) < 4.78 is 5.31.